The normalized spacial score (nSPS) is 27.2. The molecule has 1 N–H and O–H groups in total. The Morgan fingerprint density at radius 3 is 2.57 bits per heavy atom. The van der Waals surface area contributed by atoms with E-state index in [0.717, 1.165) is 30.4 Å². The van der Waals surface area contributed by atoms with Gasteiger partial charge in [0.05, 0.1) is 0 Å². The zero-order chi connectivity index (χ0) is 14.7. The summed E-state index contributed by atoms with van der Waals surface area (Å²) in [5.74, 6) is 1.02. The minimum atomic E-state index is -0.339. The van der Waals surface area contributed by atoms with E-state index in [1.54, 1.807) is 0 Å². The van der Waals surface area contributed by atoms with Gasteiger partial charge in [0.25, 0.3) is 5.91 Å². The quantitative estimate of drug-likeness (QED) is 0.824. The van der Waals surface area contributed by atoms with Crippen LogP contribution in [0, 0.1) is 17.7 Å². The van der Waals surface area contributed by atoms with Crippen molar-refractivity contribution in [2.75, 3.05) is 0 Å². The lowest BCUT2D eigenvalue weighted by molar-refractivity contribution is 0.0954. The summed E-state index contributed by atoms with van der Waals surface area (Å²) in [4.78, 5) is 11.9. The summed E-state index contributed by atoms with van der Waals surface area (Å²) in [5, 5.41) is 4.30. The Bertz CT molecular complexity index is 538. The van der Waals surface area contributed by atoms with E-state index >= 15 is 0 Å². The first-order valence-corrected chi connectivity index (χ1v) is 7.84. The second-order valence-corrected chi connectivity index (χ2v) is 6.17. The lowest BCUT2D eigenvalue weighted by Crippen LogP contribution is -2.29. The Hall–Kier alpha value is -1.71. The molecule has 0 spiro atoms. The molecule has 0 bridgehead atoms. The van der Waals surface area contributed by atoms with Crippen LogP contribution in [0.15, 0.2) is 29.4 Å². The average Bonchev–Trinajstić information content (AvgIpc) is 2.53. The van der Waals surface area contributed by atoms with Crippen LogP contribution in [0.3, 0.4) is 0 Å². The van der Waals surface area contributed by atoms with Gasteiger partial charge in [-0.15, -0.1) is 0 Å². The molecule has 1 amide bonds. The summed E-state index contributed by atoms with van der Waals surface area (Å²) in [7, 11) is 0. The van der Waals surface area contributed by atoms with Crippen LogP contribution in [0.4, 0.5) is 4.39 Å². The fourth-order valence-corrected chi connectivity index (χ4v) is 3.59. The maximum absolute atomic E-state index is 12.8. The number of carbonyl (C=O) groups is 1. The third-order valence-electron chi connectivity index (χ3n) is 4.79. The molecule has 2 saturated carbocycles. The van der Waals surface area contributed by atoms with Crippen molar-refractivity contribution in [2.45, 2.75) is 44.9 Å². The molecule has 1 aromatic rings. The van der Waals surface area contributed by atoms with Crippen molar-refractivity contribution in [1.82, 2.24) is 5.43 Å². The van der Waals surface area contributed by atoms with Crippen LogP contribution in [0.2, 0.25) is 0 Å². The Kier molecular flexibility index (Phi) is 4.32. The molecule has 112 valence electrons. The van der Waals surface area contributed by atoms with E-state index in [4.69, 9.17) is 0 Å². The maximum Gasteiger partial charge on any atom is 0.271 e. The molecule has 3 nitrogen and oxygen atoms in total. The Labute approximate surface area is 124 Å². The van der Waals surface area contributed by atoms with Crippen LogP contribution in [-0.2, 0) is 0 Å². The van der Waals surface area contributed by atoms with E-state index < -0.39 is 0 Å². The molecule has 3 rings (SSSR count). The van der Waals surface area contributed by atoms with Gasteiger partial charge in [-0.1, -0.05) is 19.3 Å². The predicted molar refractivity (Wildman–Crippen MR) is 80.6 cm³/mol. The van der Waals surface area contributed by atoms with E-state index in [2.05, 4.69) is 10.5 Å². The summed E-state index contributed by atoms with van der Waals surface area (Å²) in [5.41, 5.74) is 4.15. The number of hydrazone groups is 1. The van der Waals surface area contributed by atoms with Crippen LogP contribution >= 0.6 is 0 Å². The number of amides is 1. The smallest absolute Gasteiger partial charge is 0.267 e. The van der Waals surface area contributed by atoms with Crippen molar-refractivity contribution in [3.05, 3.63) is 35.6 Å². The number of benzene rings is 1. The molecule has 0 aromatic heterocycles. The van der Waals surface area contributed by atoms with Crippen LogP contribution in [0.1, 0.15) is 55.3 Å². The molecule has 2 aliphatic carbocycles. The highest BCUT2D eigenvalue weighted by Gasteiger charge is 2.30. The first-order valence-electron chi connectivity index (χ1n) is 7.84. The number of hydrogen-bond donors (Lipinski definition) is 1. The minimum Gasteiger partial charge on any atom is -0.267 e. The third-order valence-corrected chi connectivity index (χ3v) is 4.79. The topological polar surface area (TPSA) is 41.5 Å². The molecule has 2 atom stereocenters. The highest BCUT2D eigenvalue weighted by molar-refractivity contribution is 5.95. The van der Waals surface area contributed by atoms with E-state index in [1.165, 1.54) is 56.4 Å². The van der Waals surface area contributed by atoms with Crippen molar-refractivity contribution in [1.29, 1.82) is 0 Å². The van der Waals surface area contributed by atoms with Crippen LogP contribution in [0.5, 0.6) is 0 Å². The van der Waals surface area contributed by atoms with Gasteiger partial charge in [0, 0.05) is 11.3 Å². The Morgan fingerprint density at radius 2 is 1.81 bits per heavy atom. The Morgan fingerprint density at radius 1 is 1.10 bits per heavy atom. The first-order chi connectivity index (χ1) is 10.2. The largest absolute Gasteiger partial charge is 0.271 e. The molecule has 2 fully saturated rings. The first kappa shape index (κ1) is 14.2. The van der Waals surface area contributed by atoms with Gasteiger partial charge in [-0.05, 0) is 61.8 Å². The summed E-state index contributed by atoms with van der Waals surface area (Å²) < 4.78 is 12.8. The van der Waals surface area contributed by atoms with Gasteiger partial charge < -0.3 is 0 Å². The SMILES string of the molecule is O=C(N/N=C1/CC[C@@H]2CCCC[C@H]2C1)c1ccc(F)cc1. The van der Waals surface area contributed by atoms with Gasteiger partial charge in [-0.3, -0.25) is 4.79 Å². The van der Waals surface area contributed by atoms with Crippen molar-refractivity contribution in [2.24, 2.45) is 16.9 Å². The molecule has 21 heavy (non-hydrogen) atoms. The van der Waals surface area contributed by atoms with Crippen LogP contribution in [-0.4, -0.2) is 11.6 Å². The average molecular weight is 288 g/mol. The van der Waals surface area contributed by atoms with Gasteiger partial charge in [0.1, 0.15) is 5.82 Å². The number of carbonyl (C=O) groups excluding carboxylic acids is 1. The minimum absolute atomic E-state index is 0.270. The van der Waals surface area contributed by atoms with Crippen LogP contribution in [0.25, 0.3) is 0 Å². The van der Waals surface area contributed by atoms with Crippen molar-refractivity contribution >= 4 is 11.6 Å². The van der Waals surface area contributed by atoms with Gasteiger partial charge >= 0.3 is 0 Å². The zero-order valence-electron chi connectivity index (χ0n) is 12.1. The standard InChI is InChI=1S/C17H21FN2O/c18-15-8-5-13(6-9-15)17(21)20-19-16-10-7-12-3-1-2-4-14(12)11-16/h5-6,8-9,12,14H,1-4,7,10-11H2,(H,20,21)/b19-16-/t12-,14-/m0/s1. The summed E-state index contributed by atoms with van der Waals surface area (Å²) in [6, 6.07) is 5.52. The number of nitrogens with one attached hydrogen (secondary N) is 1. The summed E-state index contributed by atoms with van der Waals surface area (Å²) in [6.45, 7) is 0. The number of rotatable bonds is 2. The van der Waals surface area contributed by atoms with E-state index in [9.17, 15) is 9.18 Å². The monoisotopic (exact) mass is 288 g/mol. The maximum atomic E-state index is 12.8. The fraction of sp³-hybridized carbons (Fsp3) is 0.529. The van der Waals surface area contributed by atoms with Gasteiger partial charge in [-0.25, -0.2) is 9.82 Å². The number of fused-ring (bicyclic) bond motifs is 1. The molecule has 0 aliphatic heterocycles. The molecule has 1 aromatic carbocycles. The molecular weight excluding hydrogens is 267 g/mol. The third kappa shape index (κ3) is 3.49. The van der Waals surface area contributed by atoms with E-state index in [1.807, 2.05) is 0 Å². The second kappa shape index (κ2) is 6.37. The molecule has 0 unspecified atom stereocenters. The molecule has 0 radical (unpaired) electrons. The number of halogens is 1. The predicted octanol–water partition coefficient (Wildman–Crippen LogP) is 3.90. The van der Waals surface area contributed by atoms with Gasteiger partial charge in [0.2, 0.25) is 0 Å². The highest BCUT2D eigenvalue weighted by atomic mass is 19.1. The molecule has 4 heteroatoms. The molecule has 2 aliphatic rings. The lowest BCUT2D eigenvalue weighted by atomic mass is 9.70. The molecule has 0 saturated heterocycles. The fourth-order valence-electron chi connectivity index (χ4n) is 3.59. The van der Waals surface area contributed by atoms with Gasteiger partial charge in [0.15, 0.2) is 0 Å². The highest BCUT2D eigenvalue weighted by Crippen LogP contribution is 2.39. The lowest BCUT2D eigenvalue weighted by Gasteiger charge is -2.35. The van der Waals surface area contributed by atoms with Gasteiger partial charge in [-0.2, -0.15) is 5.10 Å². The Balaban J connectivity index is 1.58. The number of nitrogens with zero attached hydrogens (tertiary/aromatic N) is 1. The number of hydrogen-bond acceptors (Lipinski definition) is 2. The zero-order valence-corrected chi connectivity index (χ0v) is 12.1. The van der Waals surface area contributed by atoms with Crippen molar-refractivity contribution in [3.8, 4) is 0 Å². The van der Waals surface area contributed by atoms with Crippen LogP contribution < -0.4 is 5.43 Å². The van der Waals surface area contributed by atoms with E-state index in [-0.39, 0.29) is 11.7 Å². The molecule has 0 heterocycles. The second-order valence-electron chi connectivity index (χ2n) is 6.17. The van der Waals surface area contributed by atoms with Crippen molar-refractivity contribution in [3.63, 3.8) is 0 Å². The van der Waals surface area contributed by atoms with Crippen molar-refractivity contribution < 1.29 is 9.18 Å². The van der Waals surface area contributed by atoms with E-state index in [0.29, 0.717) is 5.56 Å². The molecular formula is C17H21FN2O. The summed E-state index contributed by atoms with van der Waals surface area (Å²) in [6.07, 6.45) is 8.58. The summed E-state index contributed by atoms with van der Waals surface area (Å²) >= 11 is 0.